The lowest BCUT2D eigenvalue weighted by molar-refractivity contribution is 0.101. The summed E-state index contributed by atoms with van der Waals surface area (Å²) in [5.41, 5.74) is 12.7. The van der Waals surface area contributed by atoms with Gasteiger partial charge in [0, 0.05) is 73.1 Å². The number of H-pyrrole nitrogens is 3. The van der Waals surface area contributed by atoms with Crippen LogP contribution in [0.4, 0.5) is 34.1 Å². The van der Waals surface area contributed by atoms with Crippen LogP contribution in [0.25, 0.3) is 67.3 Å². The Labute approximate surface area is 700 Å². The topological polar surface area (TPSA) is 334 Å². The average molecular weight is 1680 g/mol. The summed E-state index contributed by atoms with van der Waals surface area (Å²) in [5.74, 6) is 4.08. The third kappa shape index (κ3) is 19.4. The van der Waals surface area contributed by atoms with Gasteiger partial charge in [-0.3, -0.25) is 28.8 Å². The van der Waals surface area contributed by atoms with Gasteiger partial charge in [0.2, 0.25) is 0 Å². The van der Waals surface area contributed by atoms with Crippen molar-refractivity contribution in [2.45, 2.75) is 0 Å². The number of carbonyl (C=O) groups excluding carboxylic acids is 6. The van der Waals surface area contributed by atoms with Gasteiger partial charge >= 0.3 is 0 Å². The second kappa shape index (κ2) is 37.4. The third-order valence-electron chi connectivity index (χ3n) is 18.4. The number of carbonyl (C=O) groups is 6. The standard InChI is InChI=1S/2C31H28N4O6.C27H16Cl4N4O2/c2*1-38-25-13-7-19(15-27(25)40-3)30(36)32-21-9-5-18(6-10-21)29-34-23-12-11-22(17-24(23)35-29)33-31(37)20-8-14-26(39-2)28(16-20)41-4;28-17-3-1-4-18(29)23(17)26(36)32-15-9-7-14(8-10-15)25-34-21-12-11-16(13-22(21)35-25)33-27(37)24-19(30)5-2-6-20(24)31/h2*5-17H,1-4H3,(H,32,36)(H,33,37)(H,34,35);1-13H,(H,32,36)(H,33,37)(H,34,35). The van der Waals surface area contributed by atoms with Crippen LogP contribution in [0.2, 0.25) is 20.1 Å². The third-order valence-corrected chi connectivity index (χ3v) is 19.7. The highest BCUT2D eigenvalue weighted by Crippen LogP contribution is 2.36. The lowest BCUT2D eigenvalue weighted by atomic mass is 10.1. The number of ether oxygens (including phenoxy) is 8. The molecule has 119 heavy (non-hydrogen) atoms. The van der Waals surface area contributed by atoms with E-state index in [0.717, 1.165) is 38.8 Å². The summed E-state index contributed by atoms with van der Waals surface area (Å²) in [6.07, 6.45) is 0. The summed E-state index contributed by atoms with van der Waals surface area (Å²) in [5, 5.41) is 18.3. The molecular formula is C89H72Cl4N12O14. The average Bonchev–Trinajstić information content (AvgIpc) is 1.68. The number of fused-ring (bicyclic) bond motifs is 3. The molecule has 0 radical (unpaired) electrons. The number of halogens is 4. The van der Waals surface area contributed by atoms with Crippen LogP contribution in [0.5, 0.6) is 46.0 Å². The van der Waals surface area contributed by atoms with Gasteiger partial charge in [0.25, 0.3) is 35.4 Å². The second-order valence-corrected chi connectivity index (χ2v) is 27.5. The molecule has 15 rings (SSSR count). The molecule has 15 aromatic rings. The predicted octanol–water partition coefficient (Wildman–Crippen LogP) is 19.9. The molecular weight excluding hydrogens is 1600 g/mol. The van der Waals surface area contributed by atoms with Gasteiger partial charge in [-0.25, -0.2) is 15.0 Å². The number of methoxy groups -OCH3 is 8. The van der Waals surface area contributed by atoms with Gasteiger partial charge in [-0.1, -0.05) is 58.5 Å². The fourth-order valence-electron chi connectivity index (χ4n) is 12.3. The number of nitrogens with zero attached hydrogens (tertiary/aromatic N) is 3. The Morgan fingerprint density at radius 3 is 0.815 bits per heavy atom. The smallest absolute Gasteiger partial charge is 0.258 e. The molecule has 0 atom stereocenters. The second-order valence-electron chi connectivity index (χ2n) is 25.9. The summed E-state index contributed by atoms with van der Waals surface area (Å²) in [7, 11) is 12.2. The van der Waals surface area contributed by atoms with Crippen molar-refractivity contribution in [1.29, 1.82) is 0 Å². The quantitative estimate of drug-likeness (QED) is 0.0287. The van der Waals surface area contributed by atoms with Crippen LogP contribution in [-0.2, 0) is 0 Å². The maximum absolute atomic E-state index is 12.8. The first-order valence-electron chi connectivity index (χ1n) is 36.1. The Bertz CT molecular complexity index is 6040. The highest BCUT2D eigenvalue weighted by molar-refractivity contribution is 6.41. The molecule has 0 unspecified atom stereocenters. The van der Waals surface area contributed by atoms with E-state index in [0.29, 0.717) is 131 Å². The van der Waals surface area contributed by atoms with Crippen molar-refractivity contribution >= 4 is 149 Å². The van der Waals surface area contributed by atoms with Gasteiger partial charge < -0.3 is 84.7 Å². The van der Waals surface area contributed by atoms with Crippen molar-refractivity contribution in [3.63, 3.8) is 0 Å². The highest BCUT2D eigenvalue weighted by atomic mass is 35.5. The minimum absolute atomic E-state index is 0.209. The summed E-state index contributed by atoms with van der Waals surface area (Å²) in [6.45, 7) is 0. The molecule has 12 aromatic carbocycles. The largest absolute Gasteiger partial charge is 0.493 e. The Kier molecular flexibility index (Phi) is 25.9. The van der Waals surface area contributed by atoms with Crippen molar-refractivity contribution < 1.29 is 66.7 Å². The molecule has 0 saturated carbocycles. The zero-order valence-electron chi connectivity index (χ0n) is 64.6. The molecule has 3 heterocycles. The molecule has 0 aliphatic carbocycles. The number of aromatic amines is 3. The Hall–Kier alpha value is -14.6. The zero-order valence-corrected chi connectivity index (χ0v) is 67.6. The highest BCUT2D eigenvalue weighted by Gasteiger charge is 2.22. The van der Waals surface area contributed by atoms with Crippen LogP contribution in [0.1, 0.15) is 62.1 Å². The van der Waals surface area contributed by atoms with Crippen molar-refractivity contribution in [3.8, 4) is 80.2 Å². The van der Waals surface area contributed by atoms with Crippen LogP contribution >= 0.6 is 46.4 Å². The maximum atomic E-state index is 12.8. The number of hydrogen-bond acceptors (Lipinski definition) is 17. The molecule has 0 aliphatic heterocycles. The van der Waals surface area contributed by atoms with E-state index < -0.39 is 11.8 Å². The van der Waals surface area contributed by atoms with E-state index in [2.05, 4.69) is 51.8 Å². The van der Waals surface area contributed by atoms with Crippen LogP contribution in [0.15, 0.2) is 237 Å². The van der Waals surface area contributed by atoms with Gasteiger partial charge in [-0.15, -0.1) is 0 Å². The van der Waals surface area contributed by atoms with Crippen LogP contribution in [0.3, 0.4) is 0 Å². The number of amides is 6. The fourth-order valence-corrected chi connectivity index (χ4v) is 13.5. The summed E-state index contributed by atoms with van der Waals surface area (Å²) < 4.78 is 42.1. The summed E-state index contributed by atoms with van der Waals surface area (Å²) >= 11 is 24.5. The van der Waals surface area contributed by atoms with Crippen molar-refractivity contribution in [3.05, 3.63) is 290 Å². The first-order valence-corrected chi connectivity index (χ1v) is 37.6. The van der Waals surface area contributed by atoms with Crippen molar-refractivity contribution in [1.82, 2.24) is 29.9 Å². The van der Waals surface area contributed by atoms with Crippen molar-refractivity contribution in [2.24, 2.45) is 0 Å². The lowest BCUT2D eigenvalue weighted by Gasteiger charge is -2.10. The van der Waals surface area contributed by atoms with E-state index in [4.69, 9.17) is 94.3 Å². The molecule has 0 bridgehead atoms. The van der Waals surface area contributed by atoms with Gasteiger partial charge in [0.1, 0.15) is 17.5 Å². The Morgan fingerprint density at radius 2 is 0.504 bits per heavy atom. The lowest BCUT2D eigenvalue weighted by Crippen LogP contribution is -2.13. The fraction of sp³-hybridized carbons (Fsp3) is 0.0899. The maximum Gasteiger partial charge on any atom is 0.258 e. The first kappa shape index (κ1) is 82.4. The molecule has 600 valence electrons. The summed E-state index contributed by atoms with van der Waals surface area (Å²) in [6, 6.07) is 67.7. The number of benzene rings is 12. The number of aromatic nitrogens is 6. The molecule has 9 N–H and O–H groups in total. The SMILES string of the molecule is COc1ccc(C(=O)Nc2ccc(-c3nc4cc(NC(=O)c5ccc(OC)c(OC)c5)ccc4[nH]3)cc2)cc1OC.COc1ccc(C(=O)Nc2ccc(-c3nc4cc(NC(=O)c5ccc(OC)c(OC)c5)ccc4[nH]3)cc2)cc1OC.O=C(Nc1ccc(-c2nc3ccc(NC(=O)c4c(Cl)cccc4Cl)cc3[nH]2)cc1)c1c(Cl)cccc1Cl. The normalized spacial score (nSPS) is 10.7. The predicted molar refractivity (Wildman–Crippen MR) is 463 cm³/mol. The molecule has 30 heteroatoms. The van der Waals surface area contributed by atoms with E-state index in [1.165, 1.54) is 28.4 Å². The van der Waals surface area contributed by atoms with Crippen molar-refractivity contribution in [2.75, 3.05) is 88.8 Å². The minimum atomic E-state index is -0.412. The van der Waals surface area contributed by atoms with E-state index in [1.54, 1.807) is 216 Å². The van der Waals surface area contributed by atoms with E-state index >= 15 is 0 Å². The van der Waals surface area contributed by atoms with Crippen LogP contribution in [-0.4, -0.2) is 122 Å². The molecule has 3 aromatic heterocycles. The number of rotatable bonds is 23. The minimum Gasteiger partial charge on any atom is -0.493 e. The number of anilines is 6. The van der Waals surface area contributed by atoms with E-state index in [-0.39, 0.29) is 54.8 Å². The number of hydrogen-bond donors (Lipinski definition) is 9. The van der Waals surface area contributed by atoms with Gasteiger partial charge in [0.05, 0.1) is 121 Å². The summed E-state index contributed by atoms with van der Waals surface area (Å²) in [4.78, 5) is 100. The molecule has 0 fully saturated rings. The molecule has 0 aliphatic rings. The van der Waals surface area contributed by atoms with Gasteiger partial charge in [-0.05, 0) is 224 Å². The molecule has 0 saturated heterocycles. The first-order chi connectivity index (χ1) is 57.6. The Balaban J connectivity index is 0.000000155. The van der Waals surface area contributed by atoms with E-state index in [9.17, 15) is 28.8 Å². The molecule has 26 nitrogen and oxygen atoms in total. The monoisotopic (exact) mass is 1670 g/mol. The molecule has 6 amide bonds. The molecule has 0 spiro atoms. The zero-order chi connectivity index (χ0) is 84.0. The van der Waals surface area contributed by atoms with E-state index in [1.807, 2.05) is 48.5 Å². The van der Waals surface area contributed by atoms with Crippen LogP contribution in [0, 0.1) is 0 Å². The Morgan fingerprint density at radius 1 is 0.252 bits per heavy atom. The number of imidazole rings is 3. The van der Waals surface area contributed by atoms with Crippen LogP contribution < -0.4 is 69.8 Å². The van der Waals surface area contributed by atoms with Gasteiger partial charge in [0.15, 0.2) is 46.0 Å². The van der Waals surface area contributed by atoms with Gasteiger partial charge in [-0.2, -0.15) is 0 Å². The number of nitrogens with one attached hydrogen (secondary N) is 9.